The lowest BCUT2D eigenvalue weighted by atomic mass is 10.3. The molecule has 0 radical (unpaired) electrons. The van der Waals surface area contributed by atoms with E-state index in [2.05, 4.69) is 6.92 Å². The molecule has 4 heteroatoms. The SMILES string of the molecule is CCCCN(C)C(=O)Cc1ccc(Cl)s1. The topological polar surface area (TPSA) is 20.3 Å². The molecule has 0 saturated heterocycles. The molecule has 1 aromatic rings. The number of likely N-dealkylation sites (N-methyl/N-ethyl adjacent to an activating group) is 1. The van der Waals surface area contributed by atoms with Gasteiger partial charge < -0.3 is 4.90 Å². The van der Waals surface area contributed by atoms with E-state index in [0.29, 0.717) is 6.42 Å². The van der Waals surface area contributed by atoms with Gasteiger partial charge in [-0.15, -0.1) is 11.3 Å². The number of unbranched alkanes of at least 4 members (excludes halogenated alkanes) is 1. The van der Waals surface area contributed by atoms with Crippen molar-refractivity contribution >= 4 is 28.8 Å². The van der Waals surface area contributed by atoms with Crippen LogP contribution in [0.3, 0.4) is 0 Å². The fourth-order valence-electron chi connectivity index (χ4n) is 1.25. The molecule has 0 aromatic carbocycles. The summed E-state index contributed by atoms with van der Waals surface area (Å²) < 4.78 is 0.744. The van der Waals surface area contributed by atoms with Crippen molar-refractivity contribution in [2.24, 2.45) is 0 Å². The molecule has 0 N–H and O–H groups in total. The summed E-state index contributed by atoms with van der Waals surface area (Å²) in [6, 6.07) is 3.75. The van der Waals surface area contributed by atoms with Crippen LogP contribution < -0.4 is 0 Å². The number of carbonyl (C=O) groups excluding carboxylic acids is 1. The van der Waals surface area contributed by atoms with Crippen molar-refractivity contribution in [1.82, 2.24) is 4.90 Å². The second kappa shape index (κ2) is 6.13. The third kappa shape index (κ3) is 4.22. The summed E-state index contributed by atoms with van der Waals surface area (Å²) in [6.07, 6.45) is 2.65. The predicted molar refractivity (Wildman–Crippen MR) is 65.6 cm³/mol. The molecule has 0 unspecified atom stereocenters. The first-order valence-corrected chi connectivity index (χ1v) is 6.31. The number of amides is 1. The van der Waals surface area contributed by atoms with E-state index in [1.165, 1.54) is 11.3 Å². The monoisotopic (exact) mass is 245 g/mol. The molecule has 2 nitrogen and oxygen atoms in total. The second-order valence-corrected chi connectivity index (χ2v) is 5.35. The van der Waals surface area contributed by atoms with E-state index in [-0.39, 0.29) is 5.91 Å². The zero-order chi connectivity index (χ0) is 11.3. The molecule has 0 spiro atoms. The Bertz CT molecular complexity index is 324. The Morgan fingerprint density at radius 3 is 2.80 bits per heavy atom. The summed E-state index contributed by atoms with van der Waals surface area (Å²) in [5.41, 5.74) is 0. The Balaban J connectivity index is 2.41. The highest BCUT2D eigenvalue weighted by molar-refractivity contribution is 7.16. The molecule has 1 heterocycles. The lowest BCUT2D eigenvalue weighted by Crippen LogP contribution is -2.28. The molecule has 0 bridgehead atoms. The number of thiophene rings is 1. The van der Waals surface area contributed by atoms with Gasteiger partial charge in [0.1, 0.15) is 0 Å². The van der Waals surface area contributed by atoms with Crippen LogP contribution >= 0.6 is 22.9 Å². The van der Waals surface area contributed by atoms with Crippen molar-refractivity contribution in [1.29, 1.82) is 0 Å². The van der Waals surface area contributed by atoms with Gasteiger partial charge in [-0.2, -0.15) is 0 Å². The van der Waals surface area contributed by atoms with Gasteiger partial charge in [-0.25, -0.2) is 0 Å². The van der Waals surface area contributed by atoms with Crippen molar-refractivity contribution in [2.45, 2.75) is 26.2 Å². The van der Waals surface area contributed by atoms with Crippen LogP contribution in [0.5, 0.6) is 0 Å². The van der Waals surface area contributed by atoms with Gasteiger partial charge in [0.15, 0.2) is 0 Å². The van der Waals surface area contributed by atoms with Crippen molar-refractivity contribution in [3.63, 3.8) is 0 Å². The van der Waals surface area contributed by atoms with Crippen molar-refractivity contribution in [3.05, 3.63) is 21.3 Å². The smallest absolute Gasteiger partial charge is 0.227 e. The second-order valence-electron chi connectivity index (χ2n) is 3.55. The summed E-state index contributed by atoms with van der Waals surface area (Å²) >= 11 is 7.28. The van der Waals surface area contributed by atoms with E-state index >= 15 is 0 Å². The van der Waals surface area contributed by atoms with Gasteiger partial charge >= 0.3 is 0 Å². The molecular weight excluding hydrogens is 230 g/mol. The molecule has 1 rings (SSSR count). The fraction of sp³-hybridized carbons (Fsp3) is 0.545. The van der Waals surface area contributed by atoms with Crippen molar-refractivity contribution in [2.75, 3.05) is 13.6 Å². The average Bonchev–Trinajstić information content (AvgIpc) is 2.60. The minimum atomic E-state index is 0.168. The first-order valence-electron chi connectivity index (χ1n) is 5.11. The minimum Gasteiger partial charge on any atom is -0.345 e. The number of halogens is 1. The normalized spacial score (nSPS) is 10.3. The maximum atomic E-state index is 11.7. The maximum Gasteiger partial charge on any atom is 0.227 e. The van der Waals surface area contributed by atoms with Crippen molar-refractivity contribution in [3.8, 4) is 0 Å². The molecule has 0 aliphatic carbocycles. The molecule has 0 fully saturated rings. The van der Waals surface area contributed by atoms with Crippen LogP contribution in [0.25, 0.3) is 0 Å². The minimum absolute atomic E-state index is 0.168. The molecule has 84 valence electrons. The Hall–Kier alpha value is -0.540. The van der Waals surface area contributed by atoms with Crippen LogP contribution in [0.4, 0.5) is 0 Å². The quantitative estimate of drug-likeness (QED) is 0.780. The summed E-state index contributed by atoms with van der Waals surface area (Å²) in [4.78, 5) is 14.5. The van der Waals surface area contributed by atoms with E-state index in [1.54, 1.807) is 4.90 Å². The van der Waals surface area contributed by atoms with Crippen LogP contribution in [0.15, 0.2) is 12.1 Å². The zero-order valence-electron chi connectivity index (χ0n) is 9.12. The highest BCUT2D eigenvalue weighted by atomic mass is 35.5. The van der Waals surface area contributed by atoms with Gasteiger partial charge in [0, 0.05) is 18.5 Å². The summed E-state index contributed by atoms with van der Waals surface area (Å²) in [5, 5.41) is 0. The van der Waals surface area contributed by atoms with Gasteiger partial charge in [-0.1, -0.05) is 24.9 Å². The fourth-order valence-corrected chi connectivity index (χ4v) is 2.33. The number of hydrogen-bond acceptors (Lipinski definition) is 2. The van der Waals surface area contributed by atoms with E-state index in [0.717, 1.165) is 28.6 Å². The van der Waals surface area contributed by atoms with E-state index in [1.807, 2.05) is 19.2 Å². The van der Waals surface area contributed by atoms with Gasteiger partial charge in [0.25, 0.3) is 0 Å². The van der Waals surface area contributed by atoms with Crippen LogP contribution in [-0.2, 0) is 11.2 Å². The molecular formula is C11H16ClNOS. The summed E-state index contributed by atoms with van der Waals surface area (Å²) in [7, 11) is 1.85. The highest BCUT2D eigenvalue weighted by Crippen LogP contribution is 2.22. The highest BCUT2D eigenvalue weighted by Gasteiger charge is 2.10. The van der Waals surface area contributed by atoms with Crippen LogP contribution in [0.1, 0.15) is 24.6 Å². The summed E-state index contributed by atoms with van der Waals surface area (Å²) in [5.74, 6) is 0.168. The Morgan fingerprint density at radius 2 is 2.27 bits per heavy atom. The average molecular weight is 246 g/mol. The Kier molecular flexibility index (Phi) is 5.12. The number of rotatable bonds is 5. The molecule has 15 heavy (non-hydrogen) atoms. The first-order chi connectivity index (χ1) is 7.13. The summed E-state index contributed by atoms with van der Waals surface area (Å²) in [6.45, 7) is 2.96. The first kappa shape index (κ1) is 12.5. The Labute approximate surface area is 99.9 Å². The molecule has 0 atom stereocenters. The van der Waals surface area contributed by atoms with Gasteiger partial charge in [-0.05, 0) is 18.6 Å². The van der Waals surface area contributed by atoms with Crippen LogP contribution in [-0.4, -0.2) is 24.4 Å². The maximum absolute atomic E-state index is 11.7. The third-order valence-corrected chi connectivity index (χ3v) is 3.46. The van der Waals surface area contributed by atoms with Crippen LogP contribution in [0.2, 0.25) is 4.34 Å². The lowest BCUT2D eigenvalue weighted by Gasteiger charge is -2.15. The molecule has 0 aliphatic rings. The number of hydrogen-bond donors (Lipinski definition) is 0. The van der Waals surface area contributed by atoms with Crippen molar-refractivity contribution < 1.29 is 4.79 Å². The largest absolute Gasteiger partial charge is 0.345 e. The van der Waals surface area contributed by atoms with E-state index in [9.17, 15) is 4.79 Å². The Morgan fingerprint density at radius 1 is 1.53 bits per heavy atom. The predicted octanol–water partition coefficient (Wildman–Crippen LogP) is 3.20. The zero-order valence-corrected chi connectivity index (χ0v) is 10.7. The van der Waals surface area contributed by atoms with E-state index in [4.69, 9.17) is 11.6 Å². The lowest BCUT2D eigenvalue weighted by molar-refractivity contribution is -0.129. The van der Waals surface area contributed by atoms with E-state index < -0.39 is 0 Å². The number of nitrogens with zero attached hydrogens (tertiary/aromatic N) is 1. The number of carbonyl (C=O) groups is 1. The van der Waals surface area contributed by atoms with Crippen LogP contribution in [0, 0.1) is 0 Å². The standard InChI is InChI=1S/C11H16ClNOS/c1-3-4-7-13(2)11(14)8-9-5-6-10(12)15-9/h5-6H,3-4,7-8H2,1-2H3. The molecule has 0 saturated carbocycles. The van der Waals surface area contributed by atoms with Gasteiger partial charge in [0.2, 0.25) is 5.91 Å². The van der Waals surface area contributed by atoms with Gasteiger partial charge in [-0.3, -0.25) is 4.79 Å². The molecule has 0 aliphatic heterocycles. The van der Waals surface area contributed by atoms with Gasteiger partial charge in [0.05, 0.1) is 10.8 Å². The molecule has 1 amide bonds. The molecule has 1 aromatic heterocycles. The third-order valence-electron chi connectivity index (χ3n) is 2.23.